The fourth-order valence-electron chi connectivity index (χ4n) is 1.17. The number of H-pyrrole nitrogens is 1. The lowest BCUT2D eigenvalue weighted by Crippen LogP contribution is -2.34. The fraction of sp³-hybridized carbons (Fsp3) is 0.700. The molecule has 1 heterocycles. The second-order valence-corrected chi connectivity index (χ2v) is 4.01. The highest BCUT2D eigenvalue weighted by Crippen LogP contribution is 2.18. The molecule has 1 unspecified atom stereocenters. The van der Waals surface area contributed by atoms with E-state index in [1.807, 2.05) is 6.07 Å². The lowest BCUT2D eigenvalue weighted by molar-refractivity contribution is 0.135. The van der Waals surface area contributed by atoms with Crippen molar-refractivity contribution in [1.29, 1.82) is 0 Å². The van der Waals surface area contributed by atoms with Crippen LogP contribution in [0.15, 0.2) is 12.3 Å². The number of aliphatic hydroxyl groups is 1. The average Bonchev–Trinajstić information content (AvgIpc) is 2.70. The third-order valence-corrected chi connectivity index (χ3v) is 2.66. The zero-order valence-electron chi connectivity index (χ0n) is 8.88. The molecule has 80 valence electrons. The van der Waals surface area contributed by atoms with Gasteiger partial charge in [0, 0.05) is 37.0 Å². The molecule has 0 aliphatic rings. The summed E-state index contributed by atoms with van der Waals surface area (Å²) in [6.45, 7) is 5.98. The maximum Gasteiger partial charge on any atom is 0.0496 e. The summed E-state index contributed by atoms with van der Waals surface area (Å²) in [5, 5.41) is 19.2. The second-order valence-electron chi connectivity index (χ2n) is 4.01. The van der Waals surface area contributed by atoms with Gasteiger partial charge in [0.25, 0.3) is 0 Å². The standard InChI is InChI=1S/C10H19N3O/c1-3-10(2,8-14)7-11-6-9-4-5-12-13-9/h4-5,11,14H,3,6-8H2,1-2H3,(H,12,13). The van der Waals surface area contributed by atoms with E-state index >= 15 is 0 Å². The number of hydrogen-bond donors (Lipinski definition) is 3. The Kier molecular flexibility index (Phi) is 4.10. The Balaban J connectivity index is 2.27. The third-order valence-electron chi connectivity index (χ3n) is 2.66. The predicted octanol–water partition coefficient (Wildman–Crippen LogP) is 0.908. The molecule has 1 rings (SSSR count). The fourth-order valence-corrected chi connectivity index (χ4v) is 1.17. The molecule has 0 amide bonds. The van der Waals surface area contributed by atoms with E-state index in [0.717, 1.165) is 25.2 Å². The minimum absolute atomic E-state index is 0.0139. The molecule has 14 heavy (non-hydrogen) atoms. The van der Waals surface area contributed by atoms with Crippen molar-refractivity contribution in [3.63, 3.8) is 0 Å². The molecule has 0 aliphatic heterocycles. The zero-order valence-corrected chi connectivity index (χ0v) is 8.88. The van der Waals surface area contributed by atoms with E-state index in [2.05, 4.69) is 29.4 Å². The van der Waals surface area contributed by atoms with Crippen LogP contribution in [-0.4, -0.2) is 28.5 Å². The van der Waals surface area contributed by atoms with E-state index in [-0.39, 0.29) is 12.0 Å². The monoisotopic (exact) mass is 197 g/mol. The summed E-state index contributed by atoms with van der Waals surface area (Å²) in [4.78, 5) is 0. The molecule has 0 bridgehead atoms. The SMILES string of the molecule is CCC(C)(CO)CNCc1ccn[nH]1. The Morgan fingerprint density at radius 2 is 2.43 bits per heavy atom. The molecule has 3 N–H and O–H groups in total. The van der Waals surface area contributed by atoms with Gasteiger partial charge in [0.1, 0.15) is 0 Å². The van der Waals surface area contributed by atoms with Crippen LogP contribution in [0.4, 0.5) is 0 Å². The molecule has 0 radical (unpaired) electrons. The maximum absolute atomic E-state index is 9.18. The minimum atomic E-state index is -0.0139. The zero-order chi connectivity index (χ0) is 10.4. The molecule has 0 saturated heterocycles. The van der Waals surface area contributed by atoms with E-state index < -0.39 is 0 Å². The molecule has 0 spiro atoms. The van der Waals surface area contributed by atoms with E-state index in [1.54, 1.807) is 6.20 Å². The van der Waals surface area contributed by atoms with E-state index in [9.17, 15) is 5.11 Å². The molecule has 1 atom stereocenters. The highest BCUT2D eigenvalue weighted by molar-refractivity contribution is 4.96. The minimum Gasteiger partial charge on any atom is -0.396 e. The van der Waals surface area contributed by atoms with Crippen molar-refractivity contribution in [3.05, 3.63) is 18.0 Å². The predicted molar refractivity (Wildman–Crippen MR) is 55.8 cm³/mol. The summed E-state index contributed by atoms with van der Waals surface area (Å²) in [7, 11) is 0. The number of hydrogen-bond acceptors (Lipinski definition) is 3. The Labute approximate surface area is 84.7 Å². The van der Waals surface area contributed by atoms with Gasteiger partial charge < -0.3 is 10.4 Å². The second kappa shape index (κ2) is 5.12. The van der Waals surface area contributed by atoms with Crippen LogP contribution < -0.4 is 5.32 Å². The van der Waals surface area contributed by atoms with Gasteiger partial charge in [-0.15, -0.1) is 0 Å². The van der Waals surface area contributed by atoms with Crippen LogP contribution in [0.2, 0.25) is 0 Å². The summed E-state index contributed by atoms with van der Waals surface area (Å²) < 4.78 is 0. The quantitative estimate of drug-likeness (QED) is 0.635. The Morgan fingerprint density at radius 3 is 2.93 bits per heavy atom. The van der Waals surface area contributed by atoms with Crippen LogP contribution in [0.25, 0.3) is 0 Å². The van der Waals surface area contributed by atoms with Gasteiger partial charge >= 0.3 is 0 Å². The first kappa shape index (κ1) is 11.2. The molecular weight excluding hydrogens is 178 g/mol. The van der Waals surface area contributed by atoms with Crippen LogP contribution in [-0.2, 0) is 6.54 Å². The van der Waals surface area contributed by atoms with Crippen molar-refractivity contribution in [3.8, 4) is 0 Å². The van der Waals surface area contributed by atoms with Gasteiger partial charge in [0.05, 0.1) is 0 Å². The van der Waals surface area contributed by atoms with Crippen LogP contribution in [0, 0.1) is 5.41 Å². The van der Waals surface area contributed by atoms with Crippen molar-refractivity contribution in [2.24, 2.45) is 5.41 Å². The number of rotatable bonds is 6. The van der Waals surface area contributed by atoms with Crippen LogP contribution in [0.5, 0.6) is 0 Å². The van der Waals surface area contributed by atoms with Gasteiger partial charge in [-0.25, -0.2) is 0 Å². The van der Waals surface area contributed by atoms with Crippen molar-refractivity contribution in [2.45, 2.75) is 26.8 Å². The summed E-state index contributed by atoms with van der Waals surface area (Å²) in [5.74, 6) is 0. The van der Waals surface area contributed by atoms with Crippen molar-refractivity contribution in [2.75, 3.05) is 13.2 Å². The van der Waals surface area contributed by atoms with E-state index in [4.69, 9.17) is 0 Å². The first-order chi connectivity index (χ1) is 6.70. The molecule has 1 aromatic heterocycles. The number of nitrogens with zero attached hydrogens (tertiary/aromatic N) is 1. The van der Waals surface area contributed by atoms with Gasteiger partial charge in [-0.05, 0) is 12.5 Å². The molecule has 1 aromatic rings. The highest BCUT2D eigenvalue weighted by atomic mass is 16.3. The molecule has 0 fully saturated rings. The Bertz CT molecular complexity index is 242. The Morgan fingerprint density at radius 1 is 1.64 bits per heavy atom. The molecule has 4 heteroatoms. The lowest BCUT2D eigenvalue weighted by Gasteiger charge is -2.25. The number of nitrogens with one attached hydrogen (secondary N) is 2. The summed E-state index contributed by atoms with van der Waals surface area (Å²) >= 11 is 0. The molecule has 0 aromatic carbocycles. The van der Waals surface area contributed by atoms with Crippen molar-refractivity contribution in [1.82, 2.24) is 15.5 Å². The van der Waals surface area contributed by atoms with Crippen LogP contribution in [0.3, 0.4) is 0 Å². The Hall–Kier alpha value is -0.870. The molecule has 0 saturated carbocycles. The highest BCUT2D eigenvalue weighted by Gasteiger charge is 2.19. The molecule has 0 aliphatic carbocycles. The summed E-state index contributed by atoms with van der Waals surface area (Å²) in [6, 6.07) is 1.94. The summed E-state index contributed by atoms with van der Waals surface area (Å²) in [5.41, 5.74) is 1.06. The first-order valence-electron chi connectivity index (χ1n) is 5.00. The van der Waals surface area contributed by atoms with Gasteiger partial charge in [-0.3, -0.25) is 5.10 Å². The van der Waals surface area contributed by atoms with Gasteiger partial charge in [0.2, 0.25) is 0 Å². The average molecular weight is 197 g/mol. The van der Waals surface area contributed by atoms with Crippen molar-refractivity contribution < 1.29 is 5.11 Å². The smallest absolute Gasteiger partial charge is 0.0496 e. The third kappa shape index (κ3) is 3.12. The number of aliphatic hydroxyl groups excluding tert-OH is 1. The lowest BCUT2D eigenvalue weighted by atomic mass is 9.89. The van der Waals surface area contributed by atoms with Crippen LogP contribution in [0.1, 0.15) is 26.0 Å². The maximum atomic E-state index is 9.18. The molecular formula is C10H19N3O. The van der Waals surface area contributed by atoms with E-state index in [1.165, 1.54) is 0 Å². The largest absolute Gasteiger partial charge is 0.396 e. The van der Waals surface area contributed by atoms with Gasteiger partial charge in [-0.1, -0.05) is 13.8 Å². The molecule has 4 nitrogen and oxygen atoms in total. The van der Waals surface area contributed by atoms with Gasteiger partial charge in [-0.2, -0.15) is 5.10 Å². The van der Waals surface area contributed by atoms with E-state index in [0.29, 0.717) is 0 Å². The number of aromatic nitrogens is 2. The summed E-state index contributed by atoms with van der Waals surface area (Å²) in [6.07, 6.45) is 2.71. The van der Waals surface area contributed by atoms with Crippen molar-refractivity contribution >= 4 is 0 Å². The van der Waals surface area contributed by atoms with Gasteiger partial charge in [0.15, 0.2) is 0 Å². The normalized spacial score (nSPS) is 15.4. The van der Waals surface area contributed by atoms with Crippen LogP contribution >= 0.6 is 0 Å². The first-order valence-corrected chi connectivity index (χ1v) is 5.00. The topological polar surface area (TPSA) is 60.9 Å². The number of aromatic amines is 1.